The van der Waals surface area contributed by atoms with Crippen LogP contribution in [0.2, 0.25) is 0 Å². The first-order chi connectivity index (χ1) is 6.63. The molecule has 0 atom stereocenters. The van der Waals surface area contributed by atoms with Gasteiger partial charge in [0.05, 0.1) is 5.54 Å². The van der Waals surface area contributed by atoms with Gasteiger partial charge in [-0.05, 0) is 34.5 Å². The van der Waals surface area contributed by atoms with Crippen LogP contribution in [0.1, 0.15) is 13.3 Å². The number of rotatable bonds is 2. The van der Waals surface area contributed by atoms with E-state index in [-0.39, 0.29) is 5.54 Å². The monoisotopic (exact) mass is 255 g/mol. The molecule has 0 bridgehead atoms. The van der Waals surface area contributed by atoms with Gasteiger partial charge in [-0.15, -0.1) is 0 Å². The topological polar surface area (TPSA) is 42.1 Å². The molecule has 0 unspecified atom stereocenters. The summed E-state index contributed by atoms with van der Waals surface area (Å²) in [4.78, 5) is 6.53. The molecule has 2 N–H and O–H groups in total. The van der Waals surface area contributed by atoms with Crippen LogP contribution in [-0.2, 0) is 0 Å². The van der Waals surface area contributed by atoms with Gasteiger partial charge in [0.15, 0.2) is 0 Å². The van der Waals surface area contributed by atoms with Crippen molar-refractivity contribution in [3.63, 3.8) is 0 Å². The molecule has 1 fully saturated rings. The Morgan fingerprint density at radius 3 is 2.79 bits per heavy atom. The molecular formula is C10H14BrN3. The number of hydrogen-bond acceptors (Lipinski definition) is 3. The molecule has 0 aliphatic carbocycles. The molecule has 76 valence electrons. The molecule has 1 aromatic rings. The van der Waals surface area contributed by atoms with Gasteiger partial charge in [-0.2, -0.15) is 0 Å². The van der Waals surface area contributed by atoms with Crippen LogP contribution in [0, 0.1) is 0 Å². The van der Waals surface area contributed by atoms with Gasteiger partial charge in [-0.1, -0.05) is 6.92 Å². The zero-order valence-corrected chi connectivity index (χ0v) is 9.79. The summed E-state index contributed by atoms with van der Waals surface area (Å²) in [6.07, 6.45) is 2.85. The largest absolute Gasteiger partial charge is 0.353 e. The lowest BCUT2D eigenvalue weighted by atomic mass is 9.88. The van der Waals surface area contributed by atoms with E-state index in [4.69, 9.17) is 5.73 Å². The van der Waals surface area contributed by atoms with E-state index in [0.29, 0.717) is 0 Å². The van der Waals surface area contributed by atoms with Crippen LogP contribution in [0.4, 0.5) is 5.82 Å². The zero-order chi connectivity index (χ0) is 10.2. The Hall–Kier alpha value is -0.610. The van der Waals surface area contributed by atoms with Crippen molar-refractivity contribution in [2.24, 2.45) is 5.73 Å². The van der Waals surface area contributed by atoms with Gasteiger partial charge in [-0.3, -0.25) is 0 Å². The normalized spacial score (nSPS) is 19.2. The first-order valence-electron chi connectivity index (χ1n) is 4.78. The summed E-state index contributed by atoms with van der Waals surface area (Å²) in [6.45, 7) is 3.96. The van der Waals surface area contributed by atoms with Crippen LogP contribution < -0.4 is 10.6 Å². The predicted octanol–water partition coefficient (Wildman–Crippen LogP) is 1.77. The van der Waals surface area contributed by atoms with Crippen molar-refractivity contribution in [1.29, 1.82) is 0 Å². The van der Waals surface area contributed by atoms with Crippen LogP contribution in [0.3, 0.4) is 0 Å². The van der Waals surface area contributed by atoms with Crippen molar-refractivity contribution in [1.82, 2.24) is 4.98 Å². The summed E-state index contributed by atoms with van der Waals surface area (Å²) in [5.41, 5.74) is 6.09. The van der Waals surface area contributed by atoms with Crippen molar-refractivity contribution < 1.29 is 0 Å². The smallest absolute Gasteiger partial charge is 0.128 e. The van der Waals surface area contributed by atoms with E-state index in [1.807, 2.05) is 18.3 Å². The molecular weight excluding hydrogens is 242 g/mol. The minimum absolute atomic E-state index is 0.00868. The highest BCUT2D eigenvalue weighted by Crippen LogP contribution is 2.26. The first kappa shape index (κ1) is 9.93. The maximum Gasteiger partial charge on any atom is 0.128 e. The Bertz CT molecular complexity index is 317. The van der Waals surface area contributed by atoms with E-state index in [2.05, 4.69) is 32.7 Å². The fraction of sp³-hybridized carbons (Fsp3) is 0.500. The quantitative estimate of drug-likeness (QED) is 0.876. The highest BCUT2D eigenvalue weighted by molar-refractivity contribution is 9.10. The van der Waals surface area contributed by atoms with E-state index in [0.717, 1.165) is 29.8 Å². The van der Waals surface area contributed by atoms with Gasteiger partial charge in [0.25, 0.3) is 0 Å². The fourth-order valence-electron chi connectivity index (χ4n) is 1.65. The number of anilines is 1. The predicted molar refractivity (Wildman–Crippen MR) is 61.4 cm³/mol. The maximum atomic E-state index is 6.08. The van der Waals surface area contributed by atoms with E-state index in [1.54, 1.807) is 0 Å². The summed E-state index contributed by atoms with van der Waals surface area (Å²) in [6, 6.07) is 4.02. The maximum absolute atomic E-state index is 6.08. The Kier molecular flexibility index (Phi) is 2.49. The Morgan fingerprint density at radius 1 is 1.57 bits per heavy atom. The van der Waals surface area contributed by atoms with Crippen molar-refractivity contribution in [3.05, 3.63) is 22.8 Å². The third kappa shape index (κ3) is 1.77. The second kappa shape index (κ2) is 3.51. The summed E-state index contributed by atoms with van der Waals surface area (Å²) in [5, 5.41) is 0. The molecule has 0 amide bonds. The van der Waals surface area contributed by atoms with Gasteiger partial charge in [-0.25, -0.2) is 4.98 Å². The molecule has 1 aliphatic heterocycles. The molecule has 1 saturated heterocycles. The Labute approximate surface area is 92.4 Å². The molecule has 14 heavy (non-hydrogen) atoms. The molecule has 2 heterocycles. The third-order valence-corrected chi connectivity index (χ3v) is 3.22. The number of pyridine rings is 1. The zero-order valence-electron chi connectivity index (χ0n) is 8.20. The van der Waals surface area contributed by atoms with Crippen LogP contribution >= 0.6 is 15.9 Å². The van der Waals surface area contributed by atoms with Crippen molar-refractivity contribution in [3.8, 4) is 0 Å². The van der Waals surface area contributed by atoms with Crippen LogP contribution in [0.25, 0.3) is 0 Å². The van der Waals surface area contributed by atoms with Crippen molar-refractivity contribution in [2.45, 2.75) is 18.9 Å². The second-order valence-electron chi connectivity index (χ2n) is 3.91. The molecule has 2 rings (SSSR count). The first-order valence-corrected chi connectivity index (χ1v) is 5.58. The summed E-state index contributed by atoms with van der Waals surface area (Å²) >= 11 is 3.36. The summed E-state index contributed by atoms with van der Waals surface area (Å²) < 4.78 is 1.01. The molecule has 3 nitrogen and oxygen atoms in total. The summed E-state index contributed by atoms with van der Waals surface area (Å²) in [7, 11) is 0. The molecule has 1 aliphatic rings. The standard InChI is InChI=1S/C10H14BrN3/c1-2-10(12)6-14(7-10)9-4-3-8(11)5-13-9/h3-5H,2,6-7,12H2,1H3. The van der Waals surface area contributed by atoms with Crippen LogP contribution in [0.15, 0.2) is 22.8 Å². The van der Waals surface area contributed by atoms with Gasteiger partial charge >= 0.3 is 0 Å². The lowest BCUT2D eigenvalue weighted by Gasteiger charge is -2.48. The fourth-order valence-corrected chi connectivity index (χ4v) is 1.89. The molecule has 0 aromatic carbocycles. The number of halogens is 1. The lowest BCUT2D eigenvalue weighted by molar-refractivity contribution is 0.320. The van der Waals surface area contributed by atoms with Gasteiger partial charge < -0.3 is 10.6 Å². The number of aromatic nitrogens is 1. The van der Waals surface area contributed by atoms with E-state index in [1.165, 1.54) is 0 Å². The van der Waals surface area contributed by atoms with Crippen molar-refractivity contribution in [2.75, 3.05) is 18.0 Å². The average molecular weight is 256 g/mol. The molecule has 4 heteroatoms. The third-order valence-electron chi connectivity index (χ3n) is 2.75. The number of hydrogen-bond donors (Lipinski definition) is 1. The highest BCUT2D eigenvalue weighted by Gasteiger charge is 2.38. The van der Waals surface area contributed by atoms with Gasteiger partial charge in [0.1, 0.15) is 5.82 Å². The average Bonchev–Trinajstić information content (AvgIpc) is 2.15. The van der Waals surface area contributed by atoms with E-state index in [9.17, 15) is 0 Å². The van der Waals surface area contributed by atoms with Gasteiger partial charge in [0, 0.05) is 23.8 Å². The molecule has 1 aromatic heterocycles. The Morgan fingerprint density at radius 2 is 2.29 bits per heavy atom. The lowest BCUT2D eigenvalue weighted by Crippen LogP contribution is -2.67. The van der Waals surface area contributed by atoms with Gasteiger partial charge in [0.2, 0.25) is 0 Å². The minimum atomic E-state index is 0.00868. The van der Waals surface area contributed by atoms with Crippen molar-refractivity contribution >= 4 is 21.7 Å². The summed E-state index contributed by atoms with van der Waals surface area (Å²) in [5.74, 6) is 1.02. The SMILES string of the molecule is CCC1(N)CN(c2ccc(Br)cn2)C1. The number of nitrogens with two attached hydrogens (primary N) is 1. The molecule has 0 saturated carbocycles. The van der Waals surface area contributed by atoms with Crippen LogP contribution in [-0.4, -0.2) is 23.6 Å². The van der Waals surface area contributed by atoms with E-state index >= 15 is 0 Å². The van der Waals surface area contributed by atoms with Crippen LogP contribution in [0.5, 0.6) is 0 Å². The molecule has 0 radical (unpaired) electrons. The Balaban J connectivity index is 2.03. The minimum Gasteiger partial charge on any atom is -0.353 e. The molecule has 0 spiro atoms. The second-order valence-corrected chi connectivity index (χ2v) is 4.82. The number of nitrogens with zero attached hydrogens (tertiary/aromatic N) is 2. The highest BCUT2D eigenvalue weighted by atomic mass is 79.9. The van der Waals surface area contributed by atoms with E-state index < -0.39 is 0 Å².